The molecule has 0 radical (unpaired) electrons. The summed E-state index contributed by atoms with van der Waals surface area (Å²) in [6.07, 6.45) is 1.87. The average Bonchev–Trinajstić information content (AvgIpc) is 2.42. The zero-order valence-electron chi connectivity index (χ0n) is 11.3. The van der Waals surface area contributed by atoms with Crippen molar-refractivity contribution in [3.63, 3.8) is 0 Å². The van der Waals surface area contributed by atoms with Crippen molar-refractivity contribution in [3.8, 4) is 0 Å². The third-order valence-corrected chi connectivity index (χ3v) is 4.10. The molecule has 1 aromatic carbocycles. The topological polar surface area (TPSA) is 37.8 Å². The Balaban J connectivity index is 2.23. The SMILES string of the molecule is CCCNc1nc(Cc2ccccc2)nc(C)c1I. The highest BCUT2D eigenvalue weighted by Crippen LogP contribution is 2.19. The molecule has 4 heteroatoms. The van der Waals surface area contributed by atoms with Gasteiger partial charge in [-0.1, -0.05) is 37.3 Å². The first-order valence-corrected chi connectivity index (χ1v) is 7.59. The van der Waals surface area contributed by atoms with Crippen LogP contribution in [0.5, 0.6) is 0 Å². The summed E-state index contributed by atoms with van der Waals surface area (Å²) in [5.74, 6) is 1.84. The second-order valence-corrected chi connectivity index (χ2v) is 5.56. The van der Waals surface area contributed by atoms with Gasteiger partial charge in [0.15, 0.2) is 0 Å². The highest BCUT2D eigenvalue weighted by molar-refractivity contribution is 14.1. The molecule has 1 N–H and O–H groups in total. The van der Waals surface area contributed by atoms with Crippen LogP contribution in [0.25, 0.3) is 0 Å². The summed E-state index contributed by atoms with van der Waals surface area (Å²) in [5, 5.41) is 3.37. The van der Waals surface area contributed by atoms with Gasteiger partial charge in [-0.25, -0.2) is 9.97 Å². The largest absolute Gasteiger partial charge is 0.369 e. The summed E-state index contributed by atoms with van der Waals surface area (Å²) in [6.45, 7) is 5.13. The average molecular weight is 367 g/mol. The number of hydrogen-bond acceptors (Lipinski definition) is 3. The van der Waals surface area contributed by atoms with Crippen LogP contribution in [0.4, 0.5) is 5.82 Å². The van der Waals surface area contributed by atoms with Crippen molar-refractivity contribution >= 4 is 28.4 Å². The predicted octanol–water partition coefficient (Wildman–Crippen LogP) is 3.80. The lowest BCUT2D eigenvalue weighted by atomic mass is 10.1. The van der Waals surface area contributed by atoms with Crippen molar-refractivity contribution in [1.82, 2.24) is 9.97 Å². The van der Waals surface area contributed by atoms with Crippen LogP contribution >= 0.6 is 22.6 Å². The van der Waals surface area contributed by atoms with Crippen molar-refractivity contribution < 1.29 is 0 Å². The molecule has 0 fully saturated rings. The van der Waals surface area contributed by atoms with E-state index in [1.807, 2.05) is 25.1 Å². The van der Waals surface area contributed by atoms with E-state index in [1.165, 1.54) is 5.56 Å². The number of benzene rings is 1. The molecule has 0 saturated heterocycles. The molecular formula is C15H18IN3. The van der Waals surface area contributed by atoms with Crippen LogP contribution in [0.1, 0.15) is 30.4 Å². The number of nitrogens with zero attached hydrogens (tertiary/aromatic N) is 2. The summed E-state index contributed by atoms with van der Waals surface area (Å²) in [5.41, 5.74) is 2.28. The van der Waals surface area contributed by atoms with Gasteiger partial charge in [0.05, 0.1) is 9.26 Å². The molecule has 100 valence electrons. The van der Waals surface area contributed by atoms with Gasteiger partial charge in [0.1, 0.15) is 11.6 Å². The van der Waals surface area contributed by atoms with E-state index < -0.39 is 0 Å². The van der Waals surface area contributed by atoms with E-state index in [0.717, 1.165) is 40.3 Å². The third kappa shape index (κ3) is 3.89. The van der Waals surface area contributed by atoms with Gasteiger partial charge in [-0.3, -0.25) is 0 Å². The summed E-state index contributed by atoms with van der Waals surface area (Å²) >= 11 is 2.30. The molecule has 0 aliphatic carbocycles. The first kappa shape index (κ1) is 14.2. The molecule has 1 heterocycles. The molecule has 3 nitrogen and oxygen atoms in total. The van der Waals surface area contributed by atoms with Gasteiger partial charge >= 0.3 is 0 Å². The molecular weight excluding hydrogens is 349 g/mol. The Bertz CT molecular complexity index is 541. The molecule has 0 saturated carbocycles. The molecule has 1 aromatic heterocycles. The second-order valence-electron chi connectivity index (χ2n) is 4.48. The van der Waals surface area contributed by atoms with Crippen molar-refractivity contribution in [2.45, 2.75) is 26.7 Å². The van der Waals surface area contributed by atoms with Gasteiger partial charge in [0.25, 0.3) is 0 Å². The van der Waals surface area contributed by atoms with E-state index in [1.54, 1.807) is 0 Å². The van der Waals surface area contributed by atoms with Gasteiger partial charge in [-0.2, -0.15) is 0 Å². The quantitative estimate of drug-likeness (QED) is 0.817. The number of aromatic nitrogens is 2. The van der Waals surface area contributed by atoms with Crippen LogP contribution in [0.3, 0.4) is 0 Å². The van der Waals surface area contributed by atoms with Gasteiger partial charge < -0.3 is 5.32 Å². The van der Waals surface area contributed by atoms with Crippen LogP contribution in [0, 0.1) is 10.5 Å². The van der Waals surface area contributed by atoms with E-state index in [-0.39, 0.29) is 0 Å². The standard InChI is InChI=1S/C15H18IN3/c1-3-9-17-15-14(16)11(2)18-13(19-15)10-12-7-5-4-6-8-12/h4-8H,3,9-10H2,1-2H3,(H,17,18,19). The molecule has 0 unspecified atom stereocenters. The Morgan fingerprint density at radius 3 is 2.58 bits per heavy atom. The number of rotatable bonds is 5. The summed E-state index contributed by atoms with van der Waals surface area (Å²) in [7, 11) is 0. The second kappa shape index (κ2) is 6.84. The van der Waals surface area contributed by atoms with E-state index in [4.69, 9.17) is 0 Å². The van der Waals surface area contributed by atoms with E-state index >= 15 is 0 Å². The van der Waals surface area contributed by atoms with E-state index in [0.29, 0.717) is 0 Å². The molecule has 2 rings (SSSR count). The third-order valence-electron chi connectivity index (χ3n) is 2.81. The Kier molecular flexibility index (Phi) is 5.13. The zero-order valence-corrected chi connectivity index (χ0v) is 13.4. The number of aryl methyl sites for hydroxylation is 1. The minimum Gasteiger partial charge on any atom is -0.369 e. The van der Waals surface area contributed by atoms with Crippen LogP contribution in [-0.2, 0) is 6.42 Å². The summed E-state index contributed by atoms with van der Waals surface area (Å²) in [6, 6.07) is 10.3. The molecule has 0 atom stereocenters. The lowest BCUT2D eigenvalue weighted by Crippen LogP contribution is -2.09. The van der Waals surface area contributed by atoms with Crippen molar-refractivity contribution in [1.29, 1.82) is 0 Å². The first-order chi connectivity index (χ1) is 9.20. The number of hydrogen-bond donors (Lipinski definition) is 1. The molecule has 2 aromatic rings. The van der Waals surface area contributed by atoms with Gasteiger partial charge in [-0.15, -0.1) is 0 Å². The Morgan fingerprint density at radius 1 is 1.16 bits per heavy atom. The fourth-order valence-corrected chi connectivity index (χ4v) is 2.27. The minimum atomic E-state index is 0.777. The highest BCUT2D eigenvalue weighted by atomic mass is 127. The van der Waals surface area contributed by atoms with Crippen molar-refractivity contribution in [2.24, 2.45) is 0 Å². The van der Waals surface area contributed by atoms with Gasteiger partial charge in [0, 0.05) is 13.0 Å². The lowest BCUT2D eigenvalue weighted by Gasteiger charge is -2.10. The molecule has 0 aliphatic rings. The maximum absolute atomic E-state index is 4.64. The molecule has 0 aliphatic heterocycles. The van der Waals surface area contributed by atoms with Gasteiger partial charge in [-0.05, 0) is 41.5 Å². The van der Waals surface area contributed by atoms with Crippen molar-refractivity contribution in [3.05, 3.63) is 51.0 Å². The number of halogens is 1. The maximum Gasteiger partial charge on any atom is 0.143 e. The number of nitrogens with one attached hydrogen (secondary N) is 1. The highest BCUT2D eigenvalue weighted by Gasteiger charge is 2.09. The van der Waals surface area contributed by atoms with Crippen LogP contribution < -0.4 is 5.32 Å². The molecule has 0 spiro atoms. The van der Waals surface area contributed by atoms with Crippen LogP contribution in [0.2, 0.25) is 0 Å². The lowest BCUT2D eigenvalue weighted by molar-refractivity contribution is 0.909. The normalized spacial score (nSPS) is 10.5. The summed E-state index contributed by atoms with van der Waals surface area (Å²) < 4.78 is 1.11. The Hall–Kier alpha value is -1.17. The Morgan fingerprint density at radius 2 is 1.89 bits per heavy atom. The first-order valence-electron chi connectivity index (χ1n) is 6.51. The maximum atomic E-state index is 4.64. The number of anilines is 1. The van der Waals surface area contributed by atoms with Crippen LogP contribution in [0.15, 0.2) is 30.3 Å². The fourth-order valence-electron chi connectivity index (χ4n) is 1.84. The van der Waals surface area contributed by atoms with E-state index in [2.05, 4.69) is 56.9 Å². The summed E-state index contributed by atoms with van der Waals surface area (Å²) in [4.78, 5) is 9.21. The Labute approximate surface area is 128 Å². The van der Waals surface area contributed by atoms with Gasteiger partial charge in [0.2, 0.25) is 0 Å². The van der Waals surface area contributed by atoms with E-state index in [9.17, 15) is 0 Å². The molecule has 0 amide bonds. The predicted molar refractivity (Wildman–Crippen MR) is 87.5 cm³/mol. The fraction of sp³-hybridized carbons (Fsp3) is 0.333. The molecule has 0 bridgehead atoms. The zero-order chi connectivity index (χ0) is 13.7. The minimum absolute atomic E-state index is 0.777. The molecule has 19 heavy (non-hydrogen) atoms. The monoisotopic (exact) mass is 367 g/mol. The van der Waals surface area contributed by atoms with Crippen LogP contribution in [-0.4, -0.2) is 16.5 Å². The van der Waals surface area contributed by atoms with Crippen molar-refractivity contribution in [2.75, 3.05) is 11.9 Å². The smallest absolute Gasteiger partial charge is 0.143 e.